The first-order valence-electron chi connectivity index (χ1n) is 5.59. The van der Waals surface area contributed by atoms with Gasteiger partial charge in [-0.15, -0.1) is 0 Å². The van der Waals surface area contributed by atoms with E-state index >= 15 is 0 Å². The van der Waals surface area contributed by atoms with Gasteiger partial charge in [-0.1, -0.05) is 11.8 Å². The molecule has 2 rings (SSSR count). The van der Waals surface area contributed by atoms with Crippen molar-refractivity contribution in [2.45, 2.75) is 37.8 Å². The van der Waals surface area contributed by atoms with Gasteiger partial charge in [0.1, 0.15) is 16.7 Å². The van der Waals surface area contributed by atoms with Crippen LogP contribution in [-0.4, -0.2) is 27.7 Å². The van der Waals surface area contributed by atoms with Gasteiger partial charge in [-0.05, 0) is 26.7 Å². The van der Waals surface area contributed by atoms with Gasteiger partial charge in [-0.25, -0.2) is 9.97 Å². The average Bonchev–Trinajstić information content (AvgIpc) is 3.05. The van der Waals surface area contributed by atoms with Crippen molar-refractivity contribution in [1.82, 2.24) is 15.3 Å². The van der Waals surface area contributed by atoms with Crippen molar-refractivity contribution in [3.63, 3.8) is 0 Å². The number of nitrogen functional groups attached to an aromatic ring is 1. The second-order valence-electron chi connectivity index (χ2n) is 4.22. The number of carbonyl (C=O) groups excluding carboxylic acids is 1. The Balaban J connectivity index is 1.95. The van der Waals surface area contributed by atoms with Crippen LogP contribution in [0.2, 0.25) is 0 Å². The zero-order chi connectivity index (χ0) is 12.4. The van der Waals surface area contributed by atoms with Crippen LogP contribution in [0.15, 0.2) is 5.03 Å². The second-order valence-corrected chi connectivity index (χ2v) is 5.18. The maximum absolute atomic E-state index is 11.5. The van der Waals surface area contributed by atoms with Crippen molar-refractivity contribution in [2.24, 2.45) is 0 Å². The summed E-state index contributed by atoms with van der Waals surface area (Å²) in [5.74, 6) is 1.57. The lowest BCUT2D eigenvalue weighted by atomic mass is 10.3. The molecule has 92 valence electrons. The summed E-state index contributed by atoms with van der Waals surface area (Å²) in [4.78, 5) is 19.9. The van der Waals surface area contributed by atoms with Crippen LogP contribution < -0.4 is 11.1 Å². The molecule has 1 aromatic rings. The zero-order valence-electron chi connectivity index (χ0n) is 9.99. The Labute approximate surface area is 105 Å². The number of nitrogens with two attached hydrogens (primary N) is 1. The van der Waals surface area contributed by atoms with E-state index in [0.717, 1.165) is 23.4 Å². The molecule has 6 heteroatoms. The third-order valence-corrected chi connectivity index (χ3v) is 3.61. The molecule has 1 heterocycles. The highest BCUT2D eigenvalue weighted by Crippen LogP contribution is 2.24. The van der Waals surface area contributed by atoms with Crippen LogP contribution >= 0.6 is 11.8 Å². The molecular weight excluding hydrogens is 236 g/mol. The number of thioether (sulfide) groups is 1. The quantitative estimate of drug-likeness (QED) is 0.618. The molecule has 3 N–H and O–H groups in total. The van der Waals surface area contributed by atoms with Gasteiger partial charge < -0.3 is 11.1 Å². The first-order chi connectivity index (χ1) is 8.06. The summed E-state index contributed by atoms with van der Waals surface area (Å²) in [7, 11) is 0. The van der Waals surface area contributed by atoms with Crippen LogP contribution in [0.1, 0.15) is 24.2 Å². The van der Waals surface area contributed by atoms with Crippen molar-refractivity contribution in [2.75, 3.05) is 11.5 Å². The van der Waals surface area contributed by atoms with Gasteiger partial charge in [0, 0.05) is 11.6 Å². The highest BCUT2D eigenvalue weighted by atomic mass is 32.2. The summed E-state index contributed by atoms with van der Waals surface area (Å²) in [5.41, 5.74) is 6.60. The van der Waals surface area contributed by atoms with Crippen molar-refractivity contribution >= 4 is 23.5 Å². The fourth-order valence-electron chi connectivity index (χ4n) is 1.39. The van der Waals surface area contributed by atoms with Crippen molar-refractivity contribution in [3.05, 3.63) is 11.4 Å². The molecule has 0 atom stereocenters. The van der Waals surface area contributed by atoms with Crippen LogP contribution in [0.5, 0.6) is 0 Å². The maximum Gasteiger partial charge on any atom is 0.230 e. The Bertz CT molecular complexity index is 445. The van der Waals surface area contributed by atoms with E-state index in [1.807, 2.05) is 6.92 Å². The number of amides is 1. The van der Waals surface area contributed by atoms with Gasteiger partial charge in [0.2, 0.25) is 5.91 Å². The summed E-state index contributed by atoms with van der Waals surface area (Å²) >= 11 is 1.41. The number of nitrogens with zero attached hydrogens (tertiary/aromatic N) is 2. The number of nitrogens with one attached hydrogen (secondary N) is 1. The molecule has 1 aromatic heterocycles. The molecule has 0 radical (unpaired) electrons. The fourth-order valence-corrected chi connectivity index (χ4v) is 2.26. The number of hydrogen-bond acceptors (Lipinski definition) is 5. The van der Waals surface area contributed by atoms with Gasteiger partial charge in [0.15, 0.2) is 0 Å². The predicted molar refractivity (Wildman–Crippen MR) is 67.8 cm³/mol. The summed E-state index contributed by atoms with van der Waals surface area (Å²) < 4.78 is 0. The third kappa shape index (κ3) is 3.33. The van der Waals surface area contributed by atoms with Gasteiger partial charge in [0.25, 0.3) is 0 Å². The van der Waals surface area contributed by atoms with Gasteiger partial charge in [0.05, 0.1) is 5.75 Å². The molecule has 0 aliphatic heterocycles. The zero-order valence-corrected chi connectivity index (χ0v) is 10.8. The van der Waals surface area contributed by atoms with E-state index in [-0.39, 0.29) is 5.91 Å². The van der Waals surface area contributed by atoms with E-state index in [0.29, 0.717) is 23.4 Å². The highest BCUT2D eigenvalue weighted by Gasteiger charge is 2.23. The molecule has 0 saturated heterocycles. The lowest BCUT2D eigenvalue weighted by molar-refractivity contribution is -0.118. The van der Waals surface area contributed by atoms with E-state index < -0.39 is 0 Å². The highest BCUT2D eigenvalue weighted by molar-refractivity contribution is 7.99. The second kappa shape index (κ2) is 4.91. The Kier molecular flexibility index (Phi) is 3.51. The molecule has 0 aromatic carbocycles. The van der Waals surface area contributed by atoms with Crippen LogP contribution in [0.4, 0.5) is 5.82 Å². The Morgan fingerprint density at radius 2 is 2.18 bits per heavy atom. The van der Waals surface area contributed by atoms with E-state index in [1.165, 1.54) is 11.8 Å². The number of hydrogen-bond donors (Lipinski definition) is 2. The molecule has 1 fully saturated rings. The average molecular weight is 252 g/mol. The molecule has 1 aliphatic rings. The summed E-state index contributed by atoms with van der Waals surface area (Å²) in [5, 5.41) is 3.73. The molecule has 5 nitrogen and oxygen atoms in total. The lowest BCUT2D eigenvalue weighted by Gasteiger charge is -2.07. The van der Waals surface area contributed by atoms with Gasteiger partial charge in [-0.3, -0.25) is 4.79 Å². The number of carbonyl (C=O) groups is 1. The Hall–Kier alpha value is -1.30. The maximum atomic E-state index is 11.5. The van der Waals surface area contributed by atoms with Crippen LogP contribution in [0, 0.1) is 13.8 Å². The van der Waals surface area contributed by atoms with E-state index in [1.54, 1.807) is 6.92 Å². The number of rotatable bonds is 4. The molecule has 1 aliphatic carbocycles. The van der Waals surface area contributed by atoms with Crippen molar-refractivity contribution in [3.8, 4) is 0 Å². The van der Waals surface area contributed by atoms with E-state index in [4.69, 9.17) is 5.73 Å². The Morgan fingerprint density at radius 1 is 1.47 bits per heavy atom. The molecule has 1 saturated carbocycles. The van der Waals surface area contributed by atoms with E-state index in [9.17, 15) is 4.79 Å². The van der Waals surface area contributed by atoms with Gasteiger partial charge >= 0.3 is 0 Å². The largest absolute Gasteiger partial charge is 0.383 e. The molecular formula is C11H16N4OS. The van der Waals surface area contributed by atoms with Crippen molar-refractivity contribution in [1.29, 1.82) is 0 Å². The minimum atomic E-state index is 0.0618. The normalized spacial score (nSPS) is 14.7. The van der Waals surface area contributed by atoms with Crippen LogP contribution in [0.3, 0.4) is 0 Å². The number of aryl methyl sites for hydroxylation is 1. The number of aromatic nitrogens is 2. The summed E-state index contributed by atoms with van der Waals surface area (Å²) in [6, 6.07) is 0.404. The lowest BCUT2D eigenvalue weighted by Crippen LogP contribution is -2.27. The third-order valence-electron chi connectivity index (χ3n) is 2.53. The smallest absolute Gasteiger partial charge is 0.230 e. The van der Waals surface area contributed by atoms with Crippen LogP contribution in [-0.2, 0) is 4.79 Å². The summed E-state index contributed by atoms with van der Waals surface area (Å²) in [6.45, 7) is 3.67. The predicted octanol–water partition coefficient (Wildman–Crippen LogP) is 1.05. The molecule has 17 heavy (non-hydrogen) atoms. The fraction of sp³-hybridized carbons (Fsp3) is 0.545. The molecule has 0 unspecified atom stereocenters. The Morgan fingerprint density at radius 3 is 2.82 bits per heavy atom. The molecule has 0 spiro atoms. The van der Waals surface area contributed by atoms with E-state index in [2.05, 4.69) is 15.3 Å². The standard InChI is InChI=1S/C11H16N4OS/c1-6-10(12)13-7(2)14-11(6)17-5-9(16)15-8-3-4-8/h8H,3-5H2,1-2H3,(H,15,16)(H2,12,13,14). The van der Waals surface area contributed by atoms with Crippen LogP contribution in [0.25, 0.3) is 0 Å². The first kappa shape index (κ1) is 12.2. The van der Waals surface area contributed by atoms with Crippen molar-refractivity contribution < 1.29 is 4.79 Å². The number of anilines is 1. The minimum absolute atomic E-state index is 0.0618. The molecule has 0 bridgehead atoms. The SMILES string of the molecule is Cc1nc(N)c(C)c(SCC(=O)NC2CC2)n1. The monoisotopic (exact) mass is 252 g/mol. The topological polar surface area (TPSA) is 80.9 Å². The summed E-state index contributed by atoms with van der Waals surface area (Å²) in [6.07, 6.45) is 2.21. The first-order valence-corrected chi connectivity index (χ1v) is 6.57. The minimum Gasteiger partial charge on any atom is -0.383 e. The molecule has 1 amide bonds. The van der Waals surface area contributed by atoms with Gasteiger partial charge in [-0.2, -0.15) is 0 Å².